The standard InChI is InChI=1S/C12H24N2O2/c1-5-9-6-7-13-10(9)8-14-11(15)16-12(2,3)4/h9-10,13H,5-8H2,1-4H3,(H,14,15)/t9-,10+/m0/s1. The number of hydrogen-bond donors (Lipinski definition) is 2. The molecular weight excluding hydrogens is 204 g/mol. The largest absolute Gasteiger partial charge is 0.444 e. The minimum Gasteiger partial charge on any atom is -0.444 e. The lowest BCUT2D eigenvalue weighted by Gasteiger charge is -2.22. The SMILES string of the molecule is CC[C@H]1CCN[C@@H]1CNC(=O)OC(C)(C)C. The molecule has 0 aliphatic carbocycles. The maximum absolute atomic E-state index is 11.4. The number of alkyl carbamates (subject to hydrolysis) is 1. The maximum Gasteiger partial charge on any atom is 0.407 e. The molecule has 0 unspecified atom stereocenters. The molecule has 0 spiro atoms. The number of nitrogens with one attached hydrogen (secondary N) is 2. The van der Waals surface area contributed by atoms with Crippen molar-refractivity contribution in [3.63, 3.8) is 0 Å². The van der Waals surface area contributed by atoms with Gasteiger partial charge in [-0.1, -0.05) is 13.3 Å². The first-order valence-electron chi connectivity index (χ1n) is 6.12. The first-order valence-corrected chi connectivity index (χ1v) is 6.12. The summed E-state index contributed by atoms with van der Waals surface area (Å²) in [5.74, 6) is 0.676. The van der Waals surface area contributed by atoms with Gasteiger partial charge < -0.3 is 15.4 Å². The fourth-order valence-corrected chi connectivity index (χ4v) is 2.06. The highest BCUT2D eigenvalue weighted by Crippen LogP contribution is 2.18. The lowest BCUT2D eigenvalue weighted by molar-refractivity contribution is 0.0521. The Morgan fingerprint density at radius 3 is 2.75 bits per heavy atom. The number of amides is 1. The van der Waals surface area contributed by atoms with Crippen LogP contribution in [0.2, 0.25) is 0 Å². The summed E-state index contributed by atoms with van der Waals surface area (Å²) in [5.41, 5.74) is -0.419. The average Bonchev–Trinajstić information content (AvgIpc) is 2.59. The first-order chi connectivity index (χ1) is 7.42. The van der Waals surface area contributed by atoms with Gasteiger partial charge in [-0.2, -0.15) is 0 Å². The van der Waals surface area contributed by atoms with Crippen molar-refractivity contribution in [2.24, 2.45) is 5.92 Å². The van der Waals surface area contributed by atoms with E-state index in [1.165, 1.54) is 6.42 Å². The van der Waals surface area contributed by atoms with Gasteiger partial charge in [0.1, 0.15) is 5.60 Å². The van der Waals surface area contributed by atoms with Gasteiger partial charge in [-0.3, -0.25) is 0 Å². The van der Waals surface area contributed by atoms with Crippen LogP contribution in [-0.2, 0) is 4.74 Å². The summed E-state index contributed by atoms with van der Waals surface area (Å²) in [6, 6.07) is 0.400. The van der Waals surface area contributed by atoms with E-state index >= 15 is 0 Å². The second-order valence-corrected chi connectivity index (χ2v) is 5.40. The van der Waals surface area contributed by atoms with Crippen molar-refractivity contribution in [2.75, 3.05) is 13.1 Å². The molecule has 0 aromatic heterocycles. The zero-order valence-corrected chi connectivity index (χ0v) is 10.8. The van der Waals surface area contributed by atoms with E-state index < -0.39 is 5.60 Å². The van der Waals surface area contributed by atoms with Crippen LogP contribution in [0.3, 0.4) is 0 Å². The van der Waals surface area contributed by atoms with Crippen LogP contribution in [0.15, 0.2) is 0 Å². The topological polar surface area (TPSA) is 50.4 Å². The molecule has 0 aromatic rings. The summed E-state index contributed by atoms with van der Waals surface area (Å²) in [6.07, 6.45) is 2.04. The summed E-state index contributed by atoms with van der Waals surface area (Å²) in [6.45, 7) is 9.52. The Bertz CT molecular complexity index is 236. The Balaban J connectivity index is 2.26. The lowest BCUT2D eigenvalue weighted by Crippen LogP contribution is -2.42. The average molecular weight is 228 g/mol. The van der Waals surface area contributed by atoms with Crippen LogP contribution in [0, 0.1) is 5.92 Å². The van der Waals surface area contributed by atoms with E-state index in [0.717, 1.165) is 13.0 Å². The van der Waals surface area contributed by atoms with Crippen molar-refractivity contribution in [2.45, 2.75) is 52.2 Å². The number of carbonyl (C=O) groups excluding carboxylic acids is 1. The van der Waals surface area contributed by atoms with E-state index in [0.29, 0.717) is 18.5 Å². The zero-order chi connectivity index (χ0) is 12.2. The number of rotatable bonds is 3. The van der Waals surface area contributed by atoms with Crippen molar-refractivity contribution in [3.05, 3.63) is 0 Å². The second-order valence-electron chi connectivity index (χ2n) is 5.40. The van der Waals surface area contributed by atoms with E-state index in [2.05, 4.69) is 17.6 Å². The molecule has 1 aliphatic rings. The Kier molecular flexibility index (Phi) is 4.59. The van der Waals surface area contributed by atoms with Crippen molar-refractivity contribution in [1.29, 1.82) is 0 Å². The van der Waals surface area contributed by atoms with Gasteiger partial charge in [0.05, 0.1) is 0 Å². The minimum absolute atomic E-state index is 0.323. The molecule has 1 heterocycles. The molecule has 0 bridgehead atoms. The van der Waals surface area contributed by atoms with E-state index in [1.54, 1.807) is 0 Å². The van der Waals surface area contributed by atoms with Crippen LogP contribution < -0.4 is 10.6 Å². The molecule has 16 heavy (non-hydrogen) atoms. The van der Waals surface area contributed by atoms with E-state index in [4.69, 9.17) is 4.74 Å². The van der Waals surface area contributed by atoms with Crippen LogP contribution >= 0.6 is 0 Å². The molecule has 2 N–H and O–H groups in total. The van der Waals surface area contributed by atoms with Gasteiger partial charge in [0.25, 0.3) is 0 Å². The summed E-state index contributed by atoms with van der Waals surface area (Å²) >= 11 is 0. The highest BCUT2D eigenvalue weighted by Gasteiger charge is 2.26. The molecule has 0 radical (unpaired) electrons. The van der Waals surface area contributed by atoms with Crippen LogP contribution in [-0.4, -0.2) is 30.8 Å². The van der Waals surface area contributed by atoms with Gasteiger partial charge in [0, 0.05) is 12.6 Å². The number of hydrogen-bond acceptors (Lipinski definition) is 3. The Morgan fingerprint density at radius 1 is 1.50 bits per heavy atom. The van der Waals surface area contributed by atoms with Crippen LogP contribution in [0.5, 0.6) is 0 Å². The molecule has 4 nitrogen and oxygen atoms in total. The highest BCUT2D eigenvalue weighted by atomic mass is 16.6. The molecule has 1 rings (SSSR count). The molecule has 4 heteroatoms. The second kappa shape index (κ2) is 5.53. The highest BCUT2D eigenvalue weighted by molar-refractivity contribution is 5.67. The van der Waals surface area contributed by atoms with Crippen molar-refractivity contribution in [1.82, 2.24) is 10.6 Å². The Hall–Kier alpha value is -0.770. The zero-order valence-electron chi connectivity index (χ0n) is 10.8. The lowest BCUT2D eigenvalue weighted by atomic mass is 9.98. The van der Waals surface area contributed by atoms with Gasteiger partial charge in [0.15, 0.2) is 0 Å². The Morgan fingerprint density at radius 2 is 2.19 bits per heavy atom. The van der Waals surface area contributed by atoms with Crippen LogP contribution in [0.25, 0.3) is 0 Å². The number of ether oxygens (including phenoxy) is 1. The van der Waals surface area contributed by atoms with E-state index in [9.17, 15) is 4.79 Å². The van der Waals surface area contributed by atoms with Crippen molar-refractivity contribution in [3.8, 4) is 0 Å². The fourth-order valence-electron chi connectivity index (χ4n) is 2.06. The molecule has 2 atom stereocenters. The maximum atomic E-state index is 11.4. The molecule has 94 valence electrons. The molecule has 1 aliphatic heterocycles. The smallest absolute Gasteiger partial charge is 0.407 e. The summed E-state index contributed by atoms with van der Waals surface area (Å²) in [7, 11) is 0. The predicted octanol–water partition coefficient (Wildman–Crippen LogP) is 1.90. The normalized spacial score (nSPS) is 25.5. The molecule has 0 aromatic carbocycles. The summed E-state index contributed by atoms with van der Waals surface area (Å²) in [5, 5.41) is 6.23. The van der Waals surface area contributed by atoms with Crippen molar-refractivity contribution < 1.29 is 9.53 Å². The monoisotopic (exact) mass is 228 g/mol. The van der Waals surface area contributed by atoms with Gasteiger partial charge >= 0.3 is 6.09 Å². The van der Waals surface area contributed by atoms with E-state index in [-0.39, 0.29) is 6.09 Å². The first kappa shape index (κ1) is 13.3. The molecule has 0 saturated carbocycles. The van der Waals surface area contributed by atoms with Gasteiger partial charge in [0.2, 0.25) is 0 Å². The van der Waals surface area contributed by atoms with Gasteiger partial charge in [-0.25, -0.2) is 4.79 Å². The third-order valence-corrected chi connectivity index (χ3v) is 2.88. The fraction of sp³-hybridized carbons (Fsp3) is 0.917. The minimum atomic E-state index is -0.419. The van der Waals surface area contributed by atoms with Crippen LogP contribution in [0.4, 0.5) is 4.79 Å². The summed E-state index contributed by atoms with van der Waals surface area (Å²) < 4.78 is 5.19. The van der Waals surface area contributed by atoms with Crippen molar-refractivity contribution >= 4 is 6.09 Å². The summed E-state index contributed by atoms with van der Waals surface area (Å²) in [4.78, 5) is 11.4. The third-order valence-electron chi connectivity index (χ3n) is 2.88. The molecule has 1 amide bonds. The number of carbonyl (C=O) groups is 1. The quantitative estimate of drug-likeness (QED) is 0.775. The molecule has 1 fully saturated rings. The van der Waals surface area contributed by atoms with Gasteiger partial charge in [-0.15, -0.1) is 0 Å². The molecular formula is C12H24N2O2. The van der Waals surface area contributed by atoms with Crippen LogP contribution in [0.1, 0.15) is 40.5 Å². The van der Waals surface area contributed by atoms with E-state index in [1.807, 2.05) is 20.8 Å². The molecule has 1 saturated heterocycles. The Labute approximate surface area is 98.1 Å². The third kappa shape index (κ3) is 4.39. The predicted molar refractivity (Wildman–Crippen MR) is 64.4 cm³/mol. The van der Waals surface area contributed by atoms with Gasteiger partial charge in [-0.05, 0) is 39.7 Å².